The van der Waals surface area contributed by atoms with Crippen molar-refractivity contribution < 1.29 is 9.90 Å². The Bertz CT molecular complexity index is 344. The molecule has 1 aromatic carbocycles. The van der Waals surface area contributed by atoms with Crippen LogP contribution in [0.1, 0.15) is 51.0 Å². The van der Waals surface area contributed by atoms with Crippen molar-refractivity contribution in [1.29, 1.82) is 0 Å². The van der Waals surface area contributed by atoms with Crippen LogP contribution in [0.3, 0.4) is 0 Å². The van der Waals surface area contributed by atoms with E-state index in [2.05, 4.69) is 6.92 Å². The fourth-order valence-corrected chi connectivity index (χ4v) is 1.79. The van der Waals surface area contributed by atoms with Gasteiger partial charge in [-0.15, -0.1) is 0 Å². The van der Waals surface area contributed by atoms with Gasteiger partial charge in [0.25, 0.3) is 0 Å². The Morgan fingerprint density at radius 3 is 2.62 bits per heavy atom. The van der Waals surface area contributed by atoms with Crippen molar-refractivity contribution in [2.24, 2.45) is 0 Å². The number of Topliss-reactive ketones (excluding diaryl/α,β-unsaturated/α-hetero) is 1. The summed E-state index contributed by atoms with van der Waals surface area (Å²) in [4.78, 5) is 11.9. The number of phenolic OH excluding ortho intramolecular Hbond substituents is 1. The van der Waals surface area contributed by atoms with Crippen LogP contribution in [0.4, 0.5) is 0 Å². The van der Waals surface area contributed by atoms with Gasteiger partial charge in [-0.1, -0.05) is 44.9 Å². The lowest BCUT2D eigenvalue weighted by Gasteiger charge is -2.12. The normalized spacial score (nSPS) is 12.4. The second kappa shape index (κ2) is 6.31. The van der Waals surface area contributed by atoms with E-state index in [1.165, 1.54) is 0 Å². The van der Waals surface area contributed by atoms with Gasteiger partial charge >= 0.3 is 0 Å². The van der Waals surface area contributed by atoms with Crippen LogP contribution >= 0.6 is 0 Å². The van der Waals surface area contributed by atoms with Crippen LogP contribution in [0.5, 0.6) is 5.75 Å². The van der Waals surface area contributed by atoms with E-state index in [1.807, 2.05) is 19.1 Å². The van der Waals surface area contributed by atoms with E-state index in [4.69, 9.17) is 0 Å². The molecule has 0 fully saturated rings. The maximum atomic E-state index is 11.9. The van der Waals surface area contributed by atoms with Crippen LogP contribution in [-0.2, 0) is 4.79 Å². The van der Waals surface area contributed by atoms with E-state index in [0.29, 0.717) is 6.42 Å². The summed E-state index contributed by atoms with van der Waals surface area (Å²) in [6.07, 6.45) is 3.79. The molecule has 1 N–H and O–H groups in total. The highest BCUT2D eigenvalue weighted by molar-refractivity contribution is 5.85. The zero-order valence-corrected chi connectivity index (χ0v) is 10.1. The van der Waals surface area contributed by atoms with Crippen molar-refractivity contribution >= 4 is 5.78 Å². The SMILES string of the molecule is CCCCCC(=O)C(C)c1ccccc1O. The first-order chi connectivity index (χ1) is 7.66. The maximum Gasteiger partial charge on any atom is 0.140 e. The van der Waals surface area contributed by atoms with Crippen molar-refractivity contribution in [1.82, 2.24) is 0 Å². The molecule has 0 aromatic heterocycles. The molecule has 2 nitrogen and oxygen atoms in total. The minimum Gasteiger partial charge on any atom is -0.508 e. The van der Waals surface area contributed by atoms with Crippen LogP contribution < -0.4 is 0 Å². The third kappa shape index (κ3) is 3.37. The van der Waals surface area contributed by atoms with Crippen LogP contribution in [0.25, 0.3) is 0 Å². The van der Waals surface area contributed by atoms with Crippen LogP contribution in [0.15, 0.2) is 24.3 Å². The standard InChI is InChI=1S/C14H20O2/c1-3-4-5-9-13(15)11(2)12-8-6-7-10-14(12)16/h6-8,10-11,16H,3-5,9H2,1-2H3. The molecule has 0 spiro atoms. The molecule has 16 heavy (non-hydrogen) atoms. The predicted octanol–water partition coefficient (Wildman–Crippen LogP) is 3.65. The number of carbonyl (C=O) groups excluding carboxylic acids is 1. The van der Waals surface area contributed by atoms with Crippen molar-refractivity contribution in [2.75, 3.05) is 0 Å². The number of aromatic hydroxyl groups is 1. The summed E-state index contributed by atoms with van der Waals surface area (Å²) < 4.78 is 0. The number of rotatable bonds is 6. The van der Waals surface area contributed by atoms with Crippen molar-refractivity contribution in [2.45, 2.75) is 45.4 Å². The fraction of sp³-hybridized carbons (Fsp3) is 0.500. The smallest absolute Gasteiger partial charge is 0.140 e. The number of ketones is 1. The zero-order chi connectivity index (χ0) is 12.0. The molecular formula is C14H20O2. The fourth-order valence-electron chi connectivity index (χ4n) is 1.79. The van der Waals surface area contributed by atoms with E-state index in [1.54, 1.807) is 12.1 Å². The third-order valence-electron chi connectivity index (χ3n) is 2.91. The van der Waals surface area contributed by atoms with E-state index < -0.39 is 0 Å². The first-order valence-electron chi connectivity index (χ1n) is 5.97. The predicted molar refractivity (Wildman–Crippen MR) is 65.7 cm³/mol. The second-order valence-corrected chi connectivity index (χ2v) is 4.20. The molecule has 1 aromatic rings. The molecule has 0 saturated carbocycles. The Morgan fingerprint density at radius 2 is 2.00 bits per heavy atom. The Labute approximate surface area is 97.3 Å². The summed E-state index contributed by atoms with van der Waals surface area (Å²) in [6, 6.07) is 7.07. The third-order valence-corrected chi connectivity index (χ3v) is 2.91. The average Bonchev–Trinajstić information content (AvgIpc) is 2.29. The van der Waals surface area contributed by atoms with Gasteiger partial charge in [-0.25, -0.2) is 0 Å². The summed E-state index contributed by atoms with van der Waals surface area (Å²) in [6.45, 7) is 3.99. The molecule has 0 radical (unpaired) electrons. The van der Waals surface area contributed by atoms with Gasteiger partial charge in [-0.2, -0.15) is 0 Å². The summed E-state index contributed by atoms with van der Waals surface area (Å²) >= 11 is 0. The second-order valence-electron chi connectivity index (χ2n) is 4.20. The van der Waals surface area contributed by atoms with Crippen molar-refractivity contribution in [3.8, 4) is 5.75 Å². The molecule has 0 aliphatic carbocycles. The molecule has 0 heterocycles. The van der Waals surface area contributed by atoms with Gasteiger partial charge in [0.2, 0.25) is 0 Å². The van der Waals surface area contributed by atoms with Gasteiger partial charge in [0.05, 0.1) is 0 Å². The molecule has 88 valence electrons. The average molecular weight is 220 g/mol. The van der Waals surface area contributed by atoms with Gasteiger partial charge in [-0.3, -0.25) is 4.79 Å². The van der Waals surface area contributed by atoms with E-state index in [0.717, 1.165) is 24.8 Å². The number of unbranched alkanes of at least 4 members (excludes halogenated alkanes) is 2. The molecule has 0 aliphatic heterocycles. The molecule has 2 heteroatoms. The molecule has 1 rings (SSSR count). The molecule has 1 unspecified atom stereocenters. The Kier molecular flexibility index (Phi) is 5.03. The number of hydrogen-bond acceptors (Lipinski definition) is 2. The number of hydrogen-bond donors (Lipinski definition) is 1. The molecule has 0 bridgehead atoms. The lowest BCUT2D eigenvalue weighted by Crippen LogP contribution is -2.09. The van der Waals surface area contributed by atoms with E-state index >= 15 is 0 Å². The van der Waals surface area contributed by atoms with Gasteiger partial charge in [0.1, 0.15) is 11.5 Å². The summed E-state index contributed by atoms with van der Waals surface area (Å²) in [5.74, 6) is 0.242. The number of phenols is 1. The maximum absolute atomic E-state index is 11.9. The topological polar surface area (TPSA) is 37.3 Å². The first kappa shape index (κ1) is 12.8. The monoisotopic (exact) mass is 220 g/mol. The summed E-state index contributed by atoms with van der Waals surface area (Å²) in [5, 5.41) is 9.65. The number of carbonyl (C=O) groups is 1. The van der Waals surface area contributed by atoms with Crippen molar-refractivity contribution in [3.63, 3.8) is 0 Å². The van der Waals surface area contributed by atoms with Gasteiger partial charge < -0.3 is 5.11 Å². The highest BCUT2D eigenvalue weighted by atomic mass is 16.3. The lowest BCUT2D eigenvalue weighted by atomic mass is 9.93. The highest BCUT2D eigenvalue weighted by Gasteiger charge is 2.17. The van der Waals surface area contributed by atoms with E-state index in [9.17, 15) is 9.90 Å². The lowest BCUT2D eigenvalue weighted by molar-refractivity contribution is -0.120. The quantitative estimate of drug-likeness (QED) is 0.743. The number of benzene rings is 1. The van der Waals surface area contributed by atoms with Crippen LogP contribution in [-0.4, -0.2) is 10.9 Å². The Morgan fingerprint density at radius 1 is 1.31 bits per heavy atom. The summed E-state index contributed by atoms with van der Waals surface area (Å²) in [7, 11) is 0. The van der Waals surface area contributed by atoms with Crippen molar-refractivity contribution in [3.05, 3.63) is 29.8 Å². The first-order valence-corrected chi connectivity index (χ1v) is 5.97. The molecule has 0 amide bonds. The minimum atomic E-state index is -0.196. The van der Waals surface area contributed by atoms with Gasteiger partial charge in [0.15, 0.2) is 0 Å². The minimum absolute atomic E-state index is 0.196. The van der Waals surface area contributed by atoms with Crippen LogP contribution in [0.2, 0.25) is 0 Å². The van der Waals surface area contributed by atoms with Gasteiger partial charge in [0, 0.05) is 17.9 Å². The van der Waals surface area contributed by atoms with Gasteiger partial charge in [-0.05, 0) is 12.5 Å². The van der Waals surface area contributed by atoms with Crippen LogP contribution in [0, 0.1) is 0 Å². The van der Waals surface area contributed by atoms with E-state index in [-0.39, 0.29) is 17.5 Å². The number of para-hydroxylation sites is 1. The summed E-state index contributed by atoms with van der Waals surface area (Å²) in [5.41, 5.74) is 0.740. The zero-order valence-electron chi connectivity index (χ0n) is 10.1. The molecule has 0 aliphatic rings. The Hall–Kier alpha value is -1.31. The largest absolute Gasteiger partial charge is 0.508 e. The Balaban J connectivity index is 2.60. The molecule has 0 saturated heterocycles. The highest BCUT2D eigenvalue weighted by Crippen LogP contribution is 2.26. The molecular weight excluding hydrogens is 200 g/mol. The molecule has 1 atom stereocenters.